The molecule has 0 aliphatic heterocycles. The molecule has 0 heterocycles. The summed E-state index contributed by atoms with van der Waals surface area (Å²) in [6, 6.07) is 18.6. The molecule has 0 fully saturated rings. The molecule has 0 aliphatic carbocycles. The van der Waals surface area contributed by atoms with Gasteiger partial charge in [0.15, 0.2) is 5.78 Å². The topological polar surface area (TPSA) is 17.1 Å². The van der Waals surface area contributed by atoms with Gasteiger partial charge in [-0.25, -0.2) is 0 Å². The molecule has 0 spiro atoms. The molecule has 0 unspecified atom stereocenters. The Morgan fingerprint density at radius 3 is 1.31 bits per heavy atom. The van der Waals surface area contributed by atoms with Crippen molar-refractivity contribution >= 4 is 5.78 Å². The summed E-state index contributed by atoms with van der Waals surface area (Å²) in [7, 11) is 0. The van der Waals surface area contributed by atoms with Crippen molar-refractivity contribution in [2.24, 2.45) is 0 Å². The van der Waals surface area contributed by atoms with E-state index >= 15 is 0 Å². The molecule has 0 bridgehead atoms. The summed E-state index contributed by atoms with van der Waals surface area (Å²) in [6.45, 7) is 0. The Kier molecular flexibility index (Phi) is 4.56. The lowest BCUT2D eigenvalue weighted by molar-refractivity contribution is 0.103. The van der Waals surface area contributed by atoms with E-state index in [0.717, 1.165) is 11.1 Å². The summed E-state index contributed by atoms with van der Waals surface area (Å²) in [5, 5.41) is 0. The van der Waals surface area contributed by atoms with Gasteiger partial charge in [-0.05, 0) is 0 Å². The lowest BCUT2D eigenvalue weighted by atomic mass is 10.0. The van der Waals surface area contributed by atoms with Crippen LogP contribution in [0.4, 0.5) is 0 Å². The predicted molar refractivity (Wildman–Crippen MR) is 66.2 cm³/mol. The second kappa shape index (κ2) is 6.21. The maximum absolute atomic E-state index is 11.8. The van der Waals surface area contributed by atoms with Crippen LogP contribution in [-0.4, -0.2) is 5.78 Å². The Morgan fingerprint density at radius 1 is 0.688 bits per heavy atom. The maximum atomic E-state index is 11.8. The van der Waals surface area contributed by atoms with Gasteiger partial charge in [0, 0.05) is 11.1 Å². The molecule has 0 aliphatic rings. The van der Waals surface area contributed by atoms with Crippen LogP contribution in [0.3, 0.4) is 0 Å². The predicted octanol–water partition coefficient (Wildman–Crippen LogP) is 3.17. The van der Waals surface area contributed by atoms with Gasteiger partial charge in [-0.15, -0.1) is 12.8 Å². The normalized spacial score (nSPS) is 8.62. The van der Waals surface area contributed by atoms with Crippen LogP contribution >= 0.6 is 0 Å². The van der Waals surface area contributed by atoms with Gasteiger partial charge in [-0.1, -0.05) is 60.7 Å². The van der Waals surface area contributed by atoms with Crippen molar-refractivity contribution in [3.63, 3.8) is 0 Å². The highest BCUT2D eigenvalue weighted by molar-refractivity contribution is 6.08. The third kappa shape index (κ3) is 2.83. The van der Waals surface area contributed by atoms with Gasteiger partial charge in [0.1, 0.15) is 0 Å². The van der Waals surface area contributed by atoms with Crippen LogP contribution in [0.15, 0.2) is 60.7 Å². The number of carbonyl (C=O) groups is 1. The zero-order valence-electron chi connectivity index (χ0n) is 8.84. The molecule has 0 atom stereocenters. The fourth-order valence-electron chi connectivity index (χ4n) is 1.35. The molecule has 2 rings (SSSR count). The van der Waals surface area contributed by atoms with Crippen molar-refractivity contribution in [1.29, 1.82) is 0 Å². The first-order valence-corrected chi connectivity index (χ1v) is 4.86. The average Bonchev–Trinajstić information content (AvgIpc) is 2.42. The first-order chi connectivity index (χ1) is 7.88. The molecule has 2 aromatic carbocycles. The van der Waals surface area contributed by atoms with Crippen LogP contribution < -0.4 is 0 Å². The summed E-state index contributed by atoms with van der Waals surface area (Å²) in [4.78, 5) is 11.8. The van der Waals surface area contributed by atoms with Gasteiger partial charge in [-0.2, -0.15) is 0 Å². The molecule has 0 radical (unpaired) electrons. The van der Waals surface area contributed by atoms with Crippen molar-refractivity contribution in [1.82, 2.24) is 0 Å². The fraction of sp³-hybridized carbons (Fsp3) is 0. The lowest BCUT2D eigenvalue weighted by Gasteiger charge is -1.99. The monoisotopic (exact) mass is 208 g/mol. The van der Waals surface area contributed by atoms with E-state index in [0.29, 0.717) is 0 Å². The minimum atomic E-state index is 0.0752. The van der Waals surface area contributed by atoms with E-state index in [-0.39, 0.29) is 5.78 Å². The van der Waals surface area contributed by atoms with Crippen LogP contribution in [0, 0.1) is 12.8 Å². The van der Waals surface area contributed by atoms with Crippen molar-refractivity contribution in [2.45, 2.75) is 0 Å². The van der Waals surface area contributed by atoms with E-state index in [2.05, 4.69) is 12.8 Å². The van der Waals surface area contributed by atoms with Crippen LogP contribution in [0.25, 0.3) is 0 Å². The molecule has 0 aromatic heterocycles. The van der Waals surface area contributed by atoms with Gasteiger partial charge in [0.2, 0.25) is 0 Å². The van der Waals surface area contributed by atoms with Gasteiger partial charge < -0.3 is 0 Å². The highest BCUT2D eigenvalue weighted by Gasteiger charge is 2.06. The Labute approximate surface area is 95.7 Å². The summed E-state index contributed by atoms with van der Waals surface area (Å²) in [6.07, 6.45) is 8.00. The second-order valence-corrected chi connectivity index (χ2v) is 3.06. The van der Waals surface area contributed by atoms with Gasteiger partial charge in [0.25, 0.3) is 0 Å². The summed E-state index contributed by atoms with van der Waals surface area (Å²) >= 11 is 0. The van der Waals surface area contributed by atoms with Crippen molar-refractivity contribution in [3.05, 3.63) is 71.8 Å². The van der Waals surface area contributed by atoms with Crippen LogP contribution in [0.5, 0.6) is 0 Å². The van der Waals surface area contributed by atoms with Gasteiger partial charge >= 0.3 is 0 Å². The van der Waals surface area contributed by atoms with Crippen molar-refractivity contribution < 1.29 is 4.79 Å². The highest BCUT2D eigenvalue weighted by atomic mass is 16.1. The lowest BCUT2D eigenvalue weighted by Crippen LogP contribution is -1.99. The number of rotatable bonds is 2. The number of carbonyl (C=O) groups excluding carboxylic acids is 1. The quantitative estimate of drug-likeness (QED) is 0.547. The molecule has 78 valence electrons. The molecule has 16 heavy (non-hydrogen) atoms. The maximum Gasteiger partial charge on any atom is 0.193 e. The second-order valence-electron chi connectivity index (χ2n) is 3.06. The standard InChI is InChI=1S/C13H10O.C2H2/c14-13(11-7-3-1-4-8-11)12-9-5-2-6-10-12;1-2/h1-10H;1-2H. The van der Waals surface area contributed by atoms with E-state index in [1.807, 2.05) is 60.7 Å². The summed E-state index contributed by atoms with van der Waals surface area (Å²) in [5.41, 5.74) is 1.47. The smallest absolute Gasteiger partial charge is 0.193 e. The Hall–Kier alpha value is -2.33. The summed E-state index contributed by atoms with van der Waals surface area (Å²) < 4.78 is 0. The number of benzene rings is 2. The number of hydrogen-bond acceptors (Lipinski definition) is 1. The molecule has 0 N–H and O–H groups in total. The fourth-order valence-corrected chi connectivity index (χ4v) is 1.35. The van der Waals surface area contributed by atoms with Crippen molar-refractivity contribution in [2.75, 3.05) is 0 Å². The molecular weight excluding hydrogens is 196 g/mol. The number of terminal acetylenes is 1. The van der Waals surface area contributed by atoms with E-state index < -0.39 is 0 Å². The Balaban J connectivity index is 0.000000606. The van der Waals surface area contributed by atoms with E-state index in [1.165, 1.54) is 0 Å². The zero-order valence-corrected chi connectivity index (χ0v) is 8.84. The largest absolute Gasteiger partial charge is 0.289 e. The van der Waals surface area contributed by atoms with Crippen LogP contribution in [-0.2, 0) is 0 Å². The highest BCUT2D eigenvalue weighted by Crippen LogP contribution is 2.08. The summed E-state index contributed by atoms with van der Waals surface area (Å²) in [5.74, 6) is 0.0752. The number of hydrogen-bond donors (Lipinski definition) is 0. The third-order valence-corrected chi connectivity index (χ3v) is 2.07. The van der Waals surface area contributed by atoms with Crippen molar-refractivity contribution in [3.8, 4) is 12.8 Å². The third-order valence-electron chi connectivity index (χ3n) is 2.07. The Bertz CT molecular complexity index is 413. The molecule has 0 saturated carbocycles. The molecule has 1 nitrogen and oxygen atoms in total. The van der Waals surface area contributed by atoms with Crippen LogP contribution in [0.2, 0.25) is 0 Å². The number of ketones is 1. The minimum Gasteiger partial charge on any atom is -0.289 e. The molecule has 1 heteroatoms. The molecule has 2 aromatic rings. The van der Waals surface area contributed by atoms with Gasteiger partial charge in [0.05, 0.1) is 0 Å². The molecule has 0 amide bonds. The van der Waals surface area contributed by atoms with Crippen LogP contribution in [0.1, 0.15) is 15.9 Å². The molecule has 0 saturated heterocycles. The Morgan fingerprint density at radius 2 is 1.00 bits per heavy atom. The van der Waals surface area contributed by atoms with E-state index in [4.69, 9.17) is 0 Å². The average molecular weight is 208 g/mol. The first-order valence-electron chi connectivity index (χ1n) is 4.86. The first kappa shape index (κ1) is 11.7. The van der Waals surface area contributed by atoms with Gasteiger partial charge in [-0.3, -0.25) is 4.79 Å². The van der Waals surface area contributed by atoms with E-state index in [9.17, 15) is 4.79 Å². The zero-order chi connectivity index (χ0) is 11.8. The molecular formula is C15H12O. The van der Waals surface area contributed by atoms with E-state index in [1.54, 1.807) is 0 Å². The minimum absolute atomic E-state index is 0.0752. The SMILES string of the molecule is C#C.O=C(c1ccccc1)c1ccccc1.